The lowest BCUT2D eigenvalue weighted by atomic mass is 10.1. The molecule has 1 aliphatic rings. The van der Waals surface area contributed by atoms with Gasteiger partial charge in [-0.3, -0.25) is 4.99 Å². The van der Waals surface area contributed by atoms with Crippen LogP contribution in [0.5, 0.6) is 0 Å². The second-order valence-corrected chi connectivity index (χ2v) is 8.86. The largest absolute Gasteiger partial charge is 0.356 e. The number of guanidine groups is 1. The summed E-state index contributed by atoms with van der Waals surface area (Å²) in [5.74, 6) is 1.44. The predicted octanol–water partition coefficient (Wildman–Crippen LogP) is 1.84. The predicted molar refractivity (Wildman–Crippen MR) is 97.4 cm³/mol. The zero-order valence-corrected chi connectivity index (χ0v) is 15.7. The Bertz CT molecular complexity index is 689. The summed E-state index contributed by atoms with van der Waals surface area (Å²) in [5.41, 5.74) is 0.185. The van der Waals surface area contributed by atoms with Crippen LogP contribution < -0.4 is 15.4 Å². The van der Waals surface area contributed by atoms with E-state index in [1.165, 1.54) is 12.8 Å². The van der Waals surface area contributed by atoms with Crippen molar-refractivity contribution in [3.05, 3.63) is 29.8 Å². The molecule has 7 heteroatoms. The van der Waals surface area contributed by atoms with Gasteiger partial charge in [0.15, 0.2) is 5.96 Å². The van der Waals surface area contributed by atoms with E-state index in [9.17, 15) is 8.42 Å². The molecule has 1 fully saturated rings. The molecule has 1 saturated carbocycles. The molecule has 134 valence electrons. The standard InChI is InChI=1S/C17H28N4O2S/c1-17(2,3)21-24(22,23)15-8-6-5-7-14(15)12-20-16(18-4)19-11-13-9-10-13/h5-8,13,21H,9-12H2,1-4H3,(H2,18,19,20). The van der Waals surface area contributed by atoms with Crippen LogP contribution in [0.15, 0.2) is 34.2 Å². The molecule has 1 aromatic rings. The third-order valence-corrected chi connectivity index (χ3v) is 5.49. The van der Waals surface area contributed by atoms with E-state index in [0.717, 1.165) is 12.5 Å². The number of sulfonamides is 1. The number of aliphatic imine (C=N–C) groups is 1. The van der Waals surface area contributed by atoms with Crippen LogP contribution >= 0.6 is 0 Å². The van der Waals surface area contributed by atoms with Gasteiger partial charge >= 0.3 is 0 Å². The Hall–Kier alpha value is -1.60. The number of nitrogens with one attached hydrogen (secondary N) is 3. The van der Waals surface area contributed by atoms with Crippen molar-refractivity contribution in [2.45, 2.75) is 50.6 Å². The van der Waals surface area contributed by atoms with Crippen molar-refractivity contribution in [2.75, 3.05) is 13.6 Å². The van der Waals surface area contributed by atoms with E-state index in [4.69, 9.17) is 0 Å². The SMILES string of the molecule is CN=C(NCc1ccccc1S(=O)(=O)NC(C)(C)C)NCC1CC1. The Morgan fingerprint density at radius 1 is 1.21 bits per heavy atom. The molecular formula is C17H28N4O2S. The molecule has 0 saturated heterocycles. The quantitative estimate of drug-likeness (QED) is 0.539. The van der Waals surface area contributed by atoms with E-state index in [1.54, 1.807) is 19.2 Å². The molecule has 6 nitrogen and oxygen atoms in total. The molecule has 3 N–H and O–H groups in total. The van der Waals surface area contributed by atoms with Crippen molar-refractivity contribution in [2.24, 2.45) is 10.9 Å². The van der Waals surface area contributed by atoms with Crippen LogP contribution in [-0.2, 0) is 16.6 Å². The van der Waals surface area contributed by atoms with Crippen molar-refractivity contribution < 1.29 is 8.42 Å². The van der Waals surface area contributed by atoms with Gasteiger partial charge in [0, 0.05) is 25.7 Å². The van der Waals surface area contributed by atoms with Crippen LogP contribution in [0.25, 0.3) is 0 Å². The van der Waals surface area contributed by atoms with Gasteiger partial charge in [-0.2, -0.15) is 0 Å². The van der Waals surface area contributed by atoms with Crippen LogP contribution in [0.4, 0.5) is 0 Å². The molecule has 0 aromatic heterocycles. The third-order valence-electron chi connectivity index (χ3n) is 3.63. The van der Waals surface area contributed by atoms with Gasteiger partial charge in [-0.05, 0) is 51.2 Å². The highest BCUT2D eigenvalue weighted by molar-refractivity contribution is 7.89. The first-order chi connectivity index (χ1) is 11.2. The minimum absolute atomic E-state index is 0.296. The minimum atomic E-state index is -3.57. The van der Waals surface area contributed by atoms with E-state index < -0.39 is 15.6 Å². The zero-order chi connectivity index (χ0) is 17.8. The topological polar surface area (TPSA) is 82.6 Å². The lowest BCUT2D eigenvalue weighted by Crippen LogP contribution is -2.41. The monoisotopic (exact) mass is 352 g/mol. The third kappa shape index (κ3) is 5.79. The van der Waals surface area contributed by atoms with Crippen molar-refractivity contribution in [3.8, 4) is 0 Å². The van der Waals surface area contributed by atoms with Gasteiger partial charge in [-0.25, -0.2) is 13.1 Å². The van der Waals surface area contributed by atoms with Gasteiger partial charge in [0.2, 0.25) is 10.0 Å². The minimum Gasteiger partial charge on any atom is -0.356 e. The normalized spacial score (nSPS) is 16.1. The van der Waals surface area contributed by atoms with Gasteiger partial charge < -0.3 is 10.6 Å². The fourth-order valence-electron chi connectivity index (χ4n) is 2.33. The molecule has 0 aliphatic heterocycles. The average Bonchev–Trinajstić information content (AvgIpc) is 3.29. The Morgan fingerprint density at radius 2 is 1.88 bits per heavy atom. The molecule has 0 spiro atoms. The summed E-state index contributed by atoms with van der Waals surface area (Å²) in [6.45, 7) is 6.79. The number of benzene rings is 1. The second kappa shape index (κ2) is 7.53. The maximum atomic E-state index is 12.6. The highest BCUT2D eigenvalue weighted by Crippen LogP contribution is 2.27. The summed E-state index contributed by atoms with van der Waals surface area (Å²) >= 11 is 0. The van der Waals surface area contributed by atoms with E-state index in [2.05, 4.69) is 20.3 Å². The van der Waals surface area contributed by atoms with Gasteiger partial charge in [0.05, 0.1) is 4.90 Å². The van der Waals surface area contributed by atoms with Gasteiger partial charge in [-0.15, -0.1) is 0 Å². The molecule has 2 rings (SSSR count). The second-order valence-electron chi connectivity index (χ2n) is 7.21. The van der Waals surface area contributed by atoms with Crippen molar-refractivity contribution in [3.63, 3.8) is 0 Å². The Labute approximate surface area is 145 Å². The highest BCUT2D eigenvalue weighted by atomic mass is 32.2. The highest BCUT2D eigenvalue weighted by Gasteiger charge is 2.24. The Balaban J connectivity index is 2.07. The van der Waals surface area contributed by atoms with E-state index in [0.29, 0.717) is 23.0 Å². The van der Waals surface area contributed by atoms with E-state index >= 15 is 0 Å². The van der Waals surface area contributed by atoms with Crippen LogP contribution in [0.1, 0.15) is 39.2 Å². The van der Waals surface area contributed by atoms with Crippen LogP contribution in [0.2, 0.25) is 0 Å². The maximum absolute atomic E-state index is 12.6. The van der Waals surface area contributed by atoms with Crippen LogP contribution in [0, 0.1) is 5.92 Å². The van der Waals surface area contributed by atoms with Crippen molar-refractivity contribution in [1.29, 1.82) is 0 Å². The first kappa shape index (κ1) is 18.7. The van der Waals surface area contributed by atoms with Gasteiger partial charge in [-0.1, -0.05) is 18.2 Å². The summed E-state index contributed by atoms with van der Waals surface area (Å²) in [6.07, 6.45) is 2.53. The molecule has 1 aromatic carbocycles. The molecule has 0 atom stereocenters. The van der Waals surface area contributed by atoms with Crippen molar-refractivity contribution in [1.82, 2.24) is 15.4 Å². The first-order valence-electron chi connectivity index (χ1n) is 8.28. The lowest BCUT2D eigenvalue weighted by Gasteiger charge is -2.22. The van der Waals surface area contributed by atoms with Crippen molar-refractivity contribution >= 4 is 16.0 Å². The molecule has 0 radical (unpaired) electrons. The van der Waals surface area contributed by atoms with E-state index in [1.807, 2.05) is 32.9 Å². The Morgan fingerprint density at radius 3 is 2.46 bits per heavy atom. The molecule has 0 amide bonds. The average molecular weight is 353 g/mol. The molecule has 0 heterocycles. The summed E-state index contributed by atoms with van der Waals surface area (Å²) in [6, 6.07) is 7.03. The molecular weight excluding hydrogens is 324 g/mol. The number of nitrogens with zero attached hydrogens (tertiary/aromatic N) is 1. The Kier molecular flexibility index (Phi) is 5.87. The smallest absolute Gasteiger partial charge is 0.241 e. The summed E-state index contributed by atoms with van der Waals surface area (Å²) < 4.78 is 27.9. The summed E-state index contributed by atoms with van der Waals surface area (Å²) in [5, 5.41) is 6.46. The molecule has 1 aliphatic carbocycles. The zero-order valence-electron chi connectivity index (χ0n) is 14.9. The number of hydrogen-bond donors (Lipinski definition) is 3. The molecule has 24 heavy (non-hydrogen) atoms. The van der Waals surface area contributed by atoms with Gasteiger partial charge in [0.25, 0.3) is 0 Å². The van der Waals surface area contributed by atoms with Gasteiger partial charge in [0.1, 0.15) is 0 Å². The first-order valence-corrected chi connectivity index (χ1v) is 9.76. The number of hydrogen-bond acceptors (Lipinski definition) is 3. The van der Waals surface area contributed by atoms with Crippen LogP contribution in [0.3, 0.4) is 0 Å². The van der Waals surface area contributed by atoms with E-state index in [-0.39, 0.29) is 0 Å². The number of rotatable bonds is 6. The fraction of sp³-hybridized carbons (Fsp3) is 0.588. The lowest BCUT2D eigenvalue weighted by molar-refractivity contribution is 0.491. The fourth-order valence-corrected chi connectivity index (χ4v) is 3.99. The molecule has 0 unspecified atom stereocenters. The molecule has 0 bridgehead atoms. The summed E-state index contributed by atoms with van der Waals surface area (Å²) in [4.78, 5) is 4.48. The van der Waals surface area contributed by atoms with Crippen LogP contribution in [-0.4, -0.2) is 33.5 Å². The maximum Gasteiger partial charge on any atom is 0.241 e. The summed E-state index contributed by atoms with van der Waals surface area (Å²) in [7, 11) is -1.85.